The van der Waals surface area contributed by atoms with Crippen molar-refractivity contribution in [2.45, 2.75) is 52.7 Å². The Labute approximate surface area is 124 Å². The van der Waals surface area contributed by atoms with E-state index >= 15 is 0 Å². The highest BCUT2D eigenvalue weighted by atomic mass is 15.1. The minimum atomic E-state index is 0.134. The van der Waals surface area contributed by atoms with Crippen LogP contribution in [-0.4, -0.2) is 23.5 Å². The average Bonchev–Trinajstić information content (AvgIpc) is 2.37. The van der Waals surface area contributed by atoms with Gasteiger partial charge in [0.15, 0.2) is 0 Å². The molecule has 0 unspecified atom stereocenters. The first-order valence-electron chi connectivity index (χ1n) is 7.44. The third-order valence-electron chi connectivity index (χ3n) is 3.18. The SMILES string of the molecule is C#CCN(CCC)Cc1ccccc1CNC(C)(C)C. The molecule has 20 heavy (non-hydrogen) atoms. The summed E-state index contributed by atoms with van der Waals surface area (Å²) in [6, 6.07) is 8.62. The Bertz CT molecular complexity index is 437. The van der Waals surface area contributed by atoms with Crippen LogP contribution in [0, 0.1) is 12.3 Å². The van der Waals surface area contributed by atoms with Crippen LogP contribution in [0.5, 0.6) is 0 Å². The Hall–Kier alpha value is -1.30. The number of nitrogens with one attached hydrogen (secondary N) is 1. The number of rotatable bonds is 7. The van der Waals surface area contributed by atoms with E-state index < -0.39 is 0 Å². The van der Waals surface area contributed by atoms with Crippen LogP contribution >= 0.6 is 0 Å². The Balaban J connectivity index is 2.76. The molecule has 0 saturated heterocycles. The third-order valence-corrected chi connectivity index (χ3v) is 3.18. The summed E-state index contributed by atoms with van der Waals surface area (Å²) in [7, 11) is 0. The molecular weight excluding hydrogens is 244 g/mol. The fourth-order valence-electron chi connectivity index (χ4n) is 2.14. The van der Waals surface area contributed by atoms with E-state index in [1.54, 1.807) is 0 Å². The molecule has 0 heterocycles. The summed E-state index contributed by atoms with van der Waals surface area (Å²) in [5, 5.41) is 3.56. The van der Waals surface area contributed by atoms with Crippen molar-refractivity contribution in [1.82, 2.24) is 10.2 Å². The highest BCUT2D eigenvalue weighted by molar-refractivity contribution is 5.27. The summed E-state index contributed by atoms with van der Waals surface area (Å²) in [5.41, 5.74) is 2.86. The van der Waals surface area contributed by atoms with Gasteiger partial charge in [-0.25, -0.2) is 0 Å². The lowest BCUT2D eigenvalue weighted by Crippen LogP contribution is -2.35. The minimum Gasteiger partial charge on any atom is -0.308 e. The molecule has 1 rings (SSSR count). The summed E-state index contributed by atoms with van der Waals surface area (Å²) >= 11 is 0. The second kappa shape index (κ2) is 8.09. The van der Waals surface area contributed by atoms with Gasteiger partial charge in [0.05, 0.1) is 6.54 Å². The molecular formula is C18H28N2. The maximum absolute atomic E-state index is 5.46. The smallest absolute Gasteiger partial charge is 0.0601 e. The van der Waals surface area contributed by atoms with Gasteiger partial charge in [0.1, 0.15) is 0 Å². The molecule has 0 aliphatic rings. The standard InChI is InChI=1S/C18H28N2/c1-6-12-20(13-7-2)15-17-11-9-8-10-16(17)14-19-18(3,4)5/h1,8-11,19H,7,12-15H2,2-5H3. The van der Waals surface area contributed by atoms with E-state index in [-0.39, 0.29) is 5.54 Å². The van der Waals surface area contributed by atoms with Crippen molar-refractivity contribution in [1.29, 1.82) is 0 Å². The van der Waals surface area contributed by atoms with Crippen molar-refractivity contribution in [3.63, 3.8) is 0 Å². The maximum atomic E-state index is 5.46. The highest BCUT2D eigenvalue weighted by Crippen LogP contribution is 2.13. The van der Waals surface area contributed by atoms with Crippen LogP contribution in [0.2, 0.25) is 0 Å². The molecule has 0 spiro atoms. The Morgan fingerprint density at radius 2 is 1.85 bits per heavy atom. The number of benzene rings is 1. The summed E-state index contributed by atoms with van der Waals surface area (Å²) in [6.07, 6.45) is 6.59. The fourth-order valence-corrected chi connectivity index (χ4v) is 2.14. The zero-order valence-corrected chi connectivity index (χ0v) is 13.4. The second-order valence-electron chi connectivity index (χ2n) is 6.29. The van der Waals surface area contributed by atoms with Gasteiger partial charge in [0, 0.05) is 18.6 Å². The van der Waals surface area contributed by atoms with Gasteiger partial charge in [-0.05, 0) is 44.9 Å². The van der Waals surface area contributed by atoms with E-state index in [9.17, 15) is 0 Å². The van der Waals surface area contributed by atoms with Gasteiger partial charge in [-0.3, -0.25) is 4.90 Å². The van der Waals surface area contributed by atoms with E-state index in [1.165, 1.54) is 11.1 Å². The Morgan fingerprint density at radius 3 is 2.40 bits per heavy atom. The van der Waals surface area contributed by atoms with Gasteiger partial charge in [-0.2, -0.15) is 0 Å². The molecule has 0 atom stereocenters. The lowest BCUT2D eigenvalue weighted by atomic mass is 10.0. The topological polar surface area (TPSA) is 15.3 Å². The maximum Gasteiger partial charge on any atom is 0.0601 e. The molecule has 0 aliphatic carbocycles. The molecule has 0 saturated carbocycles. The van der Waals surface area contributed by atoms with Crippen LogP contribution in [0.1, 0.15) is 45.2 Å². The Kier molecular flexibility index (Phi) is 6.78. The molecule has 0 aliphatic heterocycles. The van der Waals surface area contributed by atoms with Crippen LogP contribution in [-0.2, 0) is 13.1 Å². The van der Waals surface area contributed by atoms with Crippen LogP contribution in [0.4, 0.5) is 0 Å². The largest absolute Gasteiger partial charge is 0.308 e. The van der Waals surface area contributed by atoms with E-state index in [4.69, 9.17) is 6.42 Å². The predicted octanol–water partition coefficient (Wildman–Crippen LogP) is 3.42. The summed E-state index contributed by atoms with van der Waals surface area (Å²) in [4.78, 5) is 2.33. The van der Waals surface area contributed by atoms with Crippen molar-refractivity contribution < 1.29 is 0 Å². The van der Waals surface area contributed by atoms with Gasteiger partial charge in [-0.1, -0.05) is 37.1 Å². The number of terminal acetylenes is 1. The third kappa shape index (κ3) is 6.23. The lowest BCUT2D eigenvalue weighted by molar-refractivity contribution is 0.298. The summed E-state index contributed by atoms with van der Waals surface area (Å²) in [6.45, 7) is 12.4. The Morgan fingerprint density at radius 1 is 1.20 bits per heavy atom. The van der Waals surface area contributed by atoms with Crippen LogP contribution in [0.25, 0.3) is 0 Å². The fraction of sp³-hybridized carbons (Fsp3) is 0.556. The van der Waals surface area contributed by atoms with Crippen LogP contribution in [0.15, 0.2) is 24.3 Å². The monoisotopic (exact) mass is 272 g/mol. The van der Waals surface area contributed by atoms with Crippen LogP contribution in [0.3, 0.4) is 0 Å². The van der Waals surface area contributed by atoms with Crippen molar-refractivity contribution in [3.8, 4) is 12.3 Å². The van der Waals surface area contributed by atoms with E-state index in [2.05, 4.69) is 68.1 Å². The number of nitrogens with zero attached hydrogens (tertiary/aromatic N) is 1. The molecule has 1 aromatic carbocycles. The molecule has 2 nitrogen and oxygen atoms in total. The highest BCUT2D eigenvalue weighted by Gasteiger charge is 2.11. The average molecular weight is 272 g/mol. The first-order valence-corrected chi connectivity index (χ1v) is 7.44. The van der Waals surface area contributed by atoms with Gasteiger partial charge in [-0.15, -0.1) is 6.42 Å². The zero-order valence-electron chi connectivity index (χ0n) is 13.4. The van der Waals surface area contributed by atoms with E-state index in [0.717, 1.165) is 32.6 Å². The molecule has 0 radical (unpaired) electrons. The predicted molar refractivity (Wildman–Crippen MR) is 87.4 cm³/mol. The molecule has 110 valence electrons. The molecule has 1 aromatic rings. The molecule has 2 heteroatoms. The van der Waals surface area contributed by atoms with Crippen molar-refractivity contribution >= 4 is 0 Å². The van der Waals surface area contributed by atoms with Crippen molar-refractivity contribution in [3.05, 3.63) is 35.4 Å². The molecule has 0 fully saturated rings. The second-order valence-corrected chi connectivity index (χ2v) is 6.29. The summed E-state index contributed by atoms with van der Waals surface area (Å²) in [5.74, 6) is 2.76. The van der Waals surface area contributed by atoms with E-state index in [1.807, 2.05) is 0 Å². The van der Waals surface area contributed by atoms with Crippen molar-refractivity contribution in [2.75, 3.05) is 13.1 Å². The quantitative estimate of drug-likeness (QED) is 0.765. The normalized spacial score (nSPS) is 11.6. The first-order chi connectivity index (χ1) is 9.46. The number of hydrogen-bond donors (Lipinski definition) is 1. The summed E-state index contributed by atoms with van der Waals surface area (Å²) < 4.78 is 0. The van der Waals surface area contributed by atoms with E-state index in [0.29, 0.717) is 0 Å². The van der Waals surface area contributed by atoms with Crippen molar-refractivity contribution in [2.24, 2.45) is 0 Å². The molecule has 0 bridgehead atoms. The van der Waals surface area contributed by atoms with Gasteiger partial charge in [0.25, 0.3) is 0 Å². The molecule has 1 N–H and O–H groups in total. The minimum absolute atomic E-state index is 0.134. The van der Waals surface area contributed by atoms with Gasteiger partial charge >= 0.3 is 0 Å². The van der Waals surface area contributed by atoms with Gasteiger partial charge in [0.2, 0.25) is 0 Å². The zero-order chi connectivity index (χ0) is 15.0. The van der Waals surface area contributed by atoms with Crippen LogP contribution < -0.4 is 5.32 Å². The number of hydrogen-bond acceptors (Lipinski definition) is 2. The lowest BCUT2D eigenvalue weighted by Gasteiger charge is -2.24. The first kappa shape index (κ1) is 16.8. The van der Waals surface area contributed by atoms with Gasteiger partial charge < -0.3 is 5.32 Å². The molecule has 0 aromatic heterocycles. The molecule has 0 amide bonds.